The van der Waals surface area contributed by atoms with Crippen LogP contribution in [-0.4, -0.2) is 25.7 Å². The van der Waals surface area contributed by atoms with Gasteiger partial charge in [-0.1, -0.05) is 18.2 Å². The molecule has 1 aromatic heterocycles. The average Bonchev–Trinajstić information content (AvgIpc) is 2.86. The van der Waals surface area contributed by atoms with Crippen molar-refractivity contribution in [3.05, 3.63) is 36.2 Å². The van der Waals surface area contributed by atoms with E-state index in [2.05, 4.69) is 15.5 Å². The Kier molecular flexibility index (Phi) is 2.00. The van der Waals surface area contributed by atoms with Gasteiger partial charge in [-0.05, 0) is 35.4 Å². The maximum absolute atomic E-state index is 6.08. The van der Waals surface area contributed by atoms with E-state index in [-0.39, 0.29) is 5.54 Å². The summed E-state index contributed by atoms with van der Waals surface area (Å²) in [6.07, 6.45) is 2.87. The SMILES string of the molecule is NC1(Cc2nnnn2-c2ccccc2)CC1. The van der Waals surface area contributed by atoms with Crippen LogP contribution in [0, 0.1) is 0 Å². The second-order valence-electron chi connectivity index (χ2n) is 4.38. The molecule has 5 nitrogen and oxygen atoms in total. The van der Waals surface area contributed by atoms with Crippen LogP contribution in [0.15, 0.2) is 30.3 Å². The van der Waals surface area contributed by atoms with Crippen molar-refractivity contribution in [3.8, 4) is 5.69 Å². The molecule has 0 atom stereocenters. The molecule has 0 aliphatic heterocycles. The smallest absolute Gasteiger partial charge is 0.158 e. The second-order valence-corrected chi connectivity index (χ2v) is 4.38. The first kappa shape index (κ1) is 9.47. The molecule has 1 aliphatic carbocycles. The Balaban J connectivity index is 1.93. The Morgan fingerprint density at radius 2 is 2.00 bits per heavy atom. The fourth-order valence-corrected chi connectivity index (χ4v) is 1.74. The Bertz CT molecular complexity index is 486. The number of hydrogen-bond donors (Lipinski definition) is 1. The van der Waals surface area contributed by atoms with Crippen molar-refractivity contribution >= 4 is 0 Å². The van der Waals surface area contributed by atoms with E-state index in [4.69, 9.17) is 5.73 Å². The van der Waals surface area contributed by atoms with Gasteiger partial charge in [-0.2, -0.15) is 4.68 Å². The van der Waals surface area contributed by atoms with Crippen LogP contribution in [0.5, 0.6) is 0 Å². The van der Waals surface area contributed by atoms with E-state index in [0.29, 0.717) is 0 Å². The average molecular weight is 215 g/mol. The summed E-state index contributed by atoms with van der Waals surface area (Å²) < 4.78 is 1.76. The van der Waals surface area contributed by atoms with E-state index >= 15 is 0 Å². The molecule has 0 spiro atoms. The molecule has 1 aromatic carbocycles. The van der Waals surface area contributed by atoms with Gasteiger partial charge in [0.15, 0.2) is 5.82 Å². The van der Waals surface area contributed by atoms with E-state index in [1.165, 1.54) is 0 Å². The van der Waals surface area contributed by atoms with E-state index in [1.807, 2.05) is 30.3 Å². The van der Waals surface area contributed by atoms with E-state index in [0.717, 1.165) is 30.8 Å². The summed E-state index contributed by atoms with van der Waals surface area (Å²) in [6.45, 7) is 0. The van der Waals surface area contributed by atoms with Gasteiger partial charge in [0.25, 0.3) is 0 Å². The highest BCUT2D eigenvalue weighted by Gasteiger charge is 2.39. The summed E-state index contributed by atoms with van der Waals surface area (Å²) in [5, 5.41) is 11.8. The first-order chi connectivity index (χ1) is 7.77. The number of rotatable bonds is 3. The molecule has 0 unspecified atom stereocenters. The number of aromatic nitrogens is 4. The highest BCUT2D eigenvalue weighted by Crippen LogP contribution is 2.35. The van der Waals surface area contributed by atoms with Gasteiger partial charge >= 0.3 is 0 Å². The number of nitrogens with two attached hydrogens (primary N) is 1. The zero-order chi connectivity index (χ0) is 11.0. The number of hydrogen-bond acceptors (Lipinski definition) is 4. The van der Waals surface area contributed by atoms with Gasteiger partial charge < -0.3 is 5.73 Å². The van der Waals surface area contributed by atoms with Gasteiger partial charge in [-0.25, -0.2) is 0 Å². The van der Waals surface area contributed by atoms with Crippen LogP contribution in [0.4, 0.5) is 0 Å². The fraction of sp³-hybridized carbons (Fsp3) is 0.364. The molecular formula is C11H13N5. The fourth-order valence-electron chi connectivity index (χ4n) is 1.74. The van der Waals surface area contributed by atoms with Crippen LogP contribution in [0.1, 0.15) is 18.7 Å². The van der Waals surface area contributed by atoms with Crippen LogP contribution in [-0.2, 0) is 6.42 Å². The first-order valence-electron chi connectivity index (χ1n) is 5.38. The van der Waals surface area contributed by atoms with Crippen molar-refractivity contribution in [2.75, 3.05) is 0 Å². The Labute approximate surface area is 93.3 Å². The van der Waals surface area contributed by atoms with E-state index in [1.54, 1.807) is 4.68 Å². The van der Waals surface area contributed by atoms with Crippen molar-refractivity contribution in [2.45, 2.75) is 24.8 Å². The highest BCUT2D eigenvalue weighted by atomic mass is 15.5. The molecule has 1 fully saturated rings. The van der Waals surface area contributed by atoms with Crippen LogP contribution in [0.2, 0.25) is 0 Å². The van der Waals surface area contributed by atoms with Crippen molar-refractivity contribution in [1.29, 1.82) is 0 Å². The van der Waals surface area contributed by atoms with Crippen LogP contribution in [0.3, 0.4) is 0 Å². The number of nitrogens with zero attached hydrogens (tertiary/aromatic N) is 4. The molecule has 2 aromatic rings. The summed E-state index contributed by atoms with van der Waals surface area (Å²) >= 11 is 0. The molecule has 82 valence electrons. The van der Waals surface area contributed by atoms with Crippen molar-refractivity contribution in [1.82, 2.24) is 20.2 Å². The minimum atomic E-state index is -0.0682. The lowest BCUT2D eigenvalue weighted by molar-refractivity contribution is 0.625. The lowest BCUT2D eigenvalue weighted by Crippen LogP contribution is -2.26. The van der Waals surface area contributed by atoms with Gasteiger partial charge in [-0.15, -0.1) is 5.10 Å². The van der Waals surface area contributed by atoms with Gasteiger partial charge in [0.05, 0.1) is 5.69 Å². The molecule has 16 heavy (non-hydrogen) atoms. The normalized spacial score (nSPS) is 17.3. The van der Waals surface area contributed by atoms with Crippen LogP contribution < -0.4 is 5.73 Å². The van der Waals surface area contributed by atoms with Crippen LogP contribution >= 0.6 is 0 Å². The zero-order valence-corrected chi connectivity index (χ0v) is 8.87. The van der Waals surface area contributed by atoms with Gasteiger partial charge in [0.2, 0.25) is 0 Å². The summed E-state index contributed by atoms with van der Waals surface area (Å²) in [7, 11) is 0. The summed E-state index contributed by atoms with van der Waals surface area (Å²) in [5.74, 6) is 0.839. The first-order valence-corrected chi connectivity index (χ1v) is 5.38. The molecule has 1 aliphatic rings. The predicted octanol–water partition coefficient (Wildman–Crippen LogP) is 0.696. The van der Waals surface area contributed by atoms with Crippen molar-refractivity contribution in [3.63, 3.8) is 0 Å². The summed E-state index contributed by atoms with van der Waals surface area (Å²) in [5.41, 5.74) is 6.99. The number of benzene rings is 1. The monoisotopic (exact) mass is 215 g/mol. The molecule has 0 radical (unpaired) electrons. The molecule has 3 rings (SSSR count). The predicted molar refractivity (Wildman–Crippen MR) is 59.0 cm³/mol. The molecule has 0 amide bonds. The van der Waals surface area contributed by atoms with Gasteiger partial charge in [-0.3, -0.25) is 0 Å². The molecule has 1 heterocycles. The van der Waals surface area contributed by atoms with Crippen molar-refractivity contribution < 1.29 is 0 Å². The number of tetrazole rings is 1. The van der Waals surface area contributed by atoms with Gasteiger partial charge in [0.1, 0.15) is 0 Å². The number of para-hydroxylation sites is 1. The maximum Gasteiger partial charge on any atom is 0.158 e. The molecule has 2 N–H and O–H groups in total. The van der Waals surface area contributed by atoms with E-state index < -0.39 is 0 Å². The molecule has 1 saturated carbocycles. The van der Waals surface area contributed by atoms with Crippen LogP contribution in [0.25, 0.3) is 5.69 Å². The van der Waals surface area contributed by atoms with Crippen molar-refractivity contribution in [2.24, 2.45) is 5.73 Å². The minimum absolute atomic E-state index is 0.0682. The summed E-state index contributed by atoms with van der Waals surface area (Å²) in [6, 6.07) is 9.87. The largest absolute Gasteiger partial charge is 0.325 e. The van der Waals surface area contributed by atoms with Gasteiger partial charge in [0, 0.05) is 12.0 Å². The lowest BCUT2D eigenvalue weighted by Gasteiger charge is -2.08. The molecule has 0 bridgehead atoms. The van der Waals surface area contributed by atoms with E-state index in [9.17, 15) is 0 Å². The third kappa shape index (κ3) is 1.69. The second kappa shape index (κ2) is 3.38. The molecule has 0 saturated heterocycles. The third-order valence-corrected chi connectivity index (χ3v) is 2.94. The molecule has 5 heteroatoms. The topological polar surface area (TPSA) is 69.6 Å². The zero-order valence-electron chi connectivity index (χ0n) is 8.87. The summed E-state index contributed by atoms with van der Waals surface area (Å²) in [4.78, 5) is 0. The Hall–Kier alpha value is -1.75. The third-order valence-electron chi connectivity index (χ3n) is 2.94. The Morgan fingerprint density at radius 1 is 1.25 bits per heavy atom. The highest BCUT2D eigenvalue weighted by molar-refractivity contribution is 5.31. The quantitative estimate of drug-likeness (QED) is 0.818. The standard InChI is InChI=1S/C11H13N5/c12-11(6-7-11)8-10-13-14-15-16(10)9-4-2-1-3-5-9/h1-5H,6-8,12H2. The maximum atomic E-state index is 6.08. The Morgan fingerprint density at radius 3 is 2.69 bits per heavy atom. The lowest BCUT2D eigenvalue weighted by atomic mass is 10.2. The minimum Gasteiger partial charge on any atom is -0.325 e. The molecular weight excluding hydrogens is 202 g/mol.